The Bertz CT molecular complexity index is 913. The molecule has 3 rings (SSSR count). The molecule has 0 N–H and O–H groups in total. The lowest BCUT2D eigenvalue weighted by Gasteiger charge is -2.26. The van der Waals surface area contributed by atoms with E-state index in [0.29, 0.717) is 35.7 Å². The van der Waals surface area contributed by atoms with Gasteiger partial charge >= 0.3 is 0 Å². The van der Waals surface area contributed by atoms with Gasteiger partial charge in [-0.3, -0.25) is 9.78 Å². The van der Waals surface area contributed by atoms with Crippen molar-refractivity contribution in [3.8, 4) is 0 Å². The zero-order chi connectivity index (χ0) is 20.0. The lowest BCUT2D eigenvalue weighted by atomic mass is 10.1. The van der Waals surface area contributed by atoms with Crippen molar-refractivity contribution in [1.82, 2.24) is 9.29 Å². The van der Waals surface area contributed by atoms with Gasteiger partial charge in [0.2, 0.25) is 10.0 Å². The third-order valence-electron chi connectivity index (χ3n) is 4.70. The zero-order valence-corrected chi connectivity index (χ0v) is 17.1. The van der Waals surface area contributed by atoms with Crippen LogP contribution in [0.4, 0.5) is 0 Å². The van der Waals surface area contributed by atoms with Crippen LogP contribution in [0.2, 0.25) is 5.02 Å². The van der Waals surface area contributed by atoms with Gasteiger partial charge in [0.25, 0.3) is 0 Å². The molecule has 0 amide bonds. The molecule has 1 saturated heterocycles. The number of hydrogen-bond donors (Lipinski definition) is 0. The molecule has 0 atom stereocenters. The highest BCUT2D eigenvalue weighted by Crippen LogP contribution is 2.25. The van der Waals surface area contributed by atoms with Crippen LogP contribution >= 0.6 is 11.6 Å². The fraction of sp³-hybridized carbons (Fsp3) is 0.400. The van der Waals surface area contributed by atoms with Gasteiger partial charge in [0.15, 0.2) is 5.78 Å². The first-order chi connectivity index (χ1) is 13.5. The number of aromatic nitrogens is 1. The molecule has 0 spiro atoms. The van der Waals surface area contributed by atoms with Crippen molar-refractivity contribution < 1.29 is 17.9 Å². The van der Waals surface area contributed by atoms with Gasteiger partial charge in [0.05, 0.1) is 11.5 Å². The molecular weight excluding hydrogens is 400 g/mol. The number of hydrogen-bond acceptors (Lipinski definition) is 5. The SMILES string of the molecule is O=C(COCCc1cc(S(=O)(=O)N2CCCCC2)ccc1Cl)c1cccnc1. The zero-order valence-electron chi connectivity index (χ0n) is 15.5. The molecule has 0 bridgehead atoms. The van der Waals surface area contributed by atoms with Crippen molar-refractivity contribution >= 4 is 27.4 Å². The number of carbonyl (C=O) groups is 1. The number of ether oxygens (including phenoxy) is 1. The van der Waals surface area contributed by atoms with Crippen LogP contribution in [0.1, 0.15) is 35.2 Å². The second-order valence-corrected chi connectivity index (χ2v) is 9.03. The molecule has 2 aromatic rings. The Balaban J connectivity index is 1.60. The van der Waals surface area contributed by atoms with Crippen molar-refractivity contribution in [1.29, 1.82) is 0 Å². The van der Waals surface area contributed by atoms with E-state index in [1.165, 1.54) is 10.5 Å². The molecule has 1 aromatic carbocycles. The molecule has 1 fully saturated rings. The standard InChI is InChI=1S/C20H23ClN2O4S/c21-19-7-6-18(28(25,26)23-10-2-1-3-11-23)13-16(19)8-12-27-15-20(24)17-5-4-9-22-14-17/h4-7,9,13-14H,1-3,8,10-12,15H2. The average molecular weight is 423 g/mol. The number of sulfonamides is 1. The van der Waals surface area contributed by atoms with E-state index in [0.717, 1.165) is 19.3 Å². The number of pyridine rings is 1. The van der Waals surface area contributed by atoms with E-state index < -0.39 is 10.0 Å². The van der Waals surface area contributed by atoms with Crippen molar-refractivity contribution in [2.45, 2.75) is 30.6 Å². The number of halogens is 1. The molecule has 150 valence electrons. The van der Waals surface area contributed by atoms with Gasteiger partial charge in [-0.2, -0.15) is 4.31 Å². The Morgan fingerprint density at radius 1 is 1.18 bits per heavy atom. The molecular formula is C20H23ClN2O4S. The van der Waals surface area contributed by atoms with E-state index in [1.54, 1.807) is 36.5 Å². The first-order valence-corrected chi connectivity index (χ1v) is 11.1. The van der Waals surface area contributed by atoms with Gasteiger partial charge in [-0.25, -0.2) is 8.42 Å². The summed E-state index contributed by atoms with van der Waals surface area (Å²) in [5, 5.41) is 0.486. The topological polar surface area (TPSA) is 76.6 Å². The number of ketones is 1. The third-order valence-corrected chi connectivity index (χ3v) is 6.97. The summed E-state index contributed by atoms with van der Waals surface area (Å²) in [5.74, 6) is -0.152. The van der Waals surface area contributed by atoms with E-state index in [9.17, 15) is 13.2 Å². The van der Waals surface area contributed by atoms with Gasteiger partial charge in [0.1, 0.15) is 6.61 Å². The third kappa shape index (κ3) is 5.17. The van der Waals surface area contributed by atoms with Crippen LogP contribution in [0, 0.1) is 0 Å². The fourth-order valence-corrected chi connectivity index (χ4v) is 4.90. The molecule has 28 heavy (non-hydrogen) atoms. The van der Waals surface area contributed by atoms with E-state index in [-0.39, 0.29) is 23.9 Å². The van der Waals surface area contributed by atoms with Gasteiger partial charge in [-0.05, 0) is 55.2 Å². The Morgan fingerprint density at radius 2 is 1.96 bits per heavy atom. The molecule has 1 aliphatic heterocycles. The van der Waals surface area contributed by atoms with Crippen molar-refractivity contribution in [3.63, 3.8) is 0 Å². The summed E-state index contributed by atoms with van der Waals surface area (Å²) >= 11 is 6.23. The van der Waals surface area contributed by atoms with Crippen LogP contribution < -0.4 is 0 Å². The second-order valence-electron chi connectivity index (χ2n) is 6.69. The van der Waals surface area contributed by atoms with Gasteiger partial charge in [0, 0.05) is 36.1 Å². The van der Waals surface area contributed by atoms with Crippen LogP contribution in [-0.4, -0.2) is 49.8 Å². The summed E-state index contributed by atoms with van der Waals surface area (Å²) in [7, 11) is -3.51. The van der Waals surface area contributed by atoms with Crippen molar-refractivity contribution in [2.75, 3.05) is 26.3 Å². The molecule has 0 aliphatic carbocycles. The highest BCUT2D eigenvalue weighted by Gasteiger charge is 2.26. The highest BCUT2D eigenvalue weighted by atomic mass is 35.5. The number of benzene rings is 1. The highest BCUT2D eigenvalue weighted by molar-refractivity contribution is 7.89. The summed E-state index contributed by atoms with van der Waals surface area (Å²) in [6.45, 7) is 1.31. The molecule has 8 heteroatoms. The van der Waals surface area contributed by atoms with Gasteiger partial charge in [-0.15, -0.1) is 0 Å². The Kier molecular flexibility index (Phi) is 7.18. The Labute approximate surface area is 170 Å². The number of rotatable bonds is 8. The normalized spacial score (nSPS) is 15.5. The van der Waals surface area contributed by atoms with Crippen LogP contribution in [0.3, 0.4) is 0 Å². The minimum atomic E-state index is -3.51. The smallest absolute Gasteiger partial charge is 0.243 e. The predicted octanol–water partition coefficient (Wildman–Crippen LogP) is 3.35. The number of piperidine rings is 1. The summed E-state index contributed by atoms with van der Waals surface area (Å²) in [6, 6.07) is 8.14. The average Bonchev–Trinajstić information content (AvgIpc) is 2.73. The maximum absolute atomic E-state index is 12.8. The van der Waals surface area contributed by atoms with Crippen molar-refractivity contribution in [2.24, 2.45) is 0 Å². The molecule has 2 heterocycles. The summed E-state index contributed by atoms with van der Waals surface area (Å²) in [5.41, 5.74) is 1.18. The molecule has 6 nitrogen and oxygen atoms in total. The quantitative estimate of drug-likeness (QED) is 0.481. The lowest BCUT2D eigenvalue weighted by molar-refractivity contribution is 0.0765. The van der Waals surface area contributed by atoms with Crippen molar-refractivity contribution in [3.05, 3.63) is 58.9 Å². The first kappa shape index (κ1) is 20.9. The number of carbonyl (C=O) groups excluding carboxylic acids is 1. The number of Topliss-reactive ketones (excluding diaryl/α,β-unsaturated/α-hetero) is 1. The molecule has 0 unspecified atom stereocenters. The van der Waals surface area contributed by atoms with E-state index in [4.69, 9.17) is 16.3 Å². The fourth-order valence-electron chi connectivity index (χ4n) is 3.12. The van der Waals surface area contributed by atoms with Crippen LogP contribution in [0.25, 0.3) is 0 Å². The minimum absolute atomic E-state index is 0.0604. The lowest BCUT2D eigenvalue weighted by Crippen LogP contribution is -2.35. The molecule has 0 saturated carbocycles. The van der Waals surface area contributed by atoms with Crippen LogP contribution in [0.15, 0.2) is 47.6 Å². The monoisotopic (exact) mass is 422 g/mol. The largest absolute Gasteiger partial charge is 0.373 e. The Morgan fingerprint density at radius 3 is 2.68 bits per heavy atom. The van der Waals surface area contributed by atoms with Gasteiger partial charge in [-0.1, -0.05) is 18.0 Å². The van der Waals surface area contributed by atoms with E-state index in [1.807, 2.05) is 0 Å². The summed E-state index contributed by atoms with van der Waals surface area (Å²) < 4.78 is 32.6. The molecule has 1 aromatic heterocycles. The number of nitrogens with zero attached hydrogens (tertiary/aromatic N) is 2. The van der Waals surface area contributed by atoms with E-state index >= 15 is 0 Å². The van der Waals surface area contributed by atoms with E-state index in [2.05, 4.69) is 4.98 Å². The summed E-state index contributed by atoms with van der Waals surface area (Å²) in [6.07, 6.45) is 6.36. The van der Waals surface area contributed by atoms with Gasteiger partial charge < -0.3 is 4.74 Å². The second kappa shape index (κ2) is 9.60. The summed E-state index contributed by atoms with van der Waals surface area (Å²) in [4.78, 5) is 16.2. The Hall–Kier alpha value is -1.80. The maximum Gasteiger partial charge on any atom is 0.243 e. The molecule has 1 aliphatic rings. The van der Waals surface area contributed by atoms with Crippen LogP contribution in [-0.2, 0) is 21.2 Å². The first-order valence-electron chi connectivity index (χ1n) is 9.28. The maximum atomic E-state index is 12.8. The predicted molar refractivity (Wildman–Crippen MR) is 107 cm³/mol. The minimum Gasteiger partial charge on any atom is -0.373 e. The molecule has 0 radical (unpaired) electrons. The van der Waals surface area contributed by atoms with Crippen LogP contribution in [0.5, 0.6) is 0 Å².